The molecule has 1 aromatic heterocycles. The second kappa shape index (κ2) is 9.23. The third-order valence-electron chi connectivity index (χ3n) is 5.78. The molecular weight excluding hydrogens is 387 g/mol. The summed E-state index contributed by atoms with van der Waals surface area (Å²) >= 11 is 0. The predicted octanol–water partition coefficient (Wildman–Crippen LogP) is 2.31. The van der Waals surface area contributed by atoms with Gasteiger partial charge < -0.3 is 20.1 Å². The van der Waals surface area contributed by atoms with Gasteiger partial charge in [-0.25, -0.2) is 9.18 Å². The summed E-state index contributed by atoms with van der Waals surface area (Å²) in [7, 11) is 0. The molecule has 2 aromatic rings. The number of hydrogen-bond acceptors (Lipinski definition) is 4. The lowest BCUT2D eigenvalue weighted by molar-refractivity contribution is -0.131. The van der Waals surface area contributed by atoms with E-state index in [1.165, 1.54) is 18.6 Å². The Bertz CT molecular complexity index is 897. The van der Waals surface area contributed by atoms with Crippen LogP contribution in [0.4, 0.5) is 9.18 Å². The van der Waals surface area contributed by atoms with Crippen molar-refractivity contribution in [3.05, 3.63) is 47.3 Å². The normalized spacial score (nSPS) is 18.6. The lowest BCUT2D eigenvalue weighted by Gasteiger charge is -2.25. The molecule has 0 unspecified atom stereocenters. The van der Waals surface area contributed by atoms with Gasteiger partial charge in [-0.1, -0.05) is 18.6 Å². The molecule has 0 spiro atoms. The maximum atomic E-state index is 12.9. The van der Waals surface area contributed by atoms with Crippen molar-refractivity contribution in [2.45, 2.75) is 57.7 Å². The van der Waals surface area contributed by atoms with Crippen LogP contribution in [0.2, 0.25) is 0 Å². The van der Waals surface area contributed by atoms with Crippen molar-refractivity contribution < 1.29 is 14.0 Å². The number of halogens is 1. The molecule has 3 amide bonds. The highest BCUT2D eigenvalue weighted by atomic mass is 19.1. The minimum Gasteiger partial charge on any atom is -0.334 e. The Labute approximate surface area is 174 Å². The summed E-state index contributed by atoms with van der Waals surface area (Å²) < 4.78 is 15.1. The molecular formula is C21H27FN6O2. The average Bonchev–Trinajstić information content (AvgIpc) is 3.32. The molecule has 30 heavy (non-hydrogen) atoms. The zero-order valence-corrected chi connectivity index (χ0v) is 16.9. The van der Waals surface area contributed by atoms with Gasteiger partial charge in [0, 0.05) is 26.1 Å². The summed E-state index contributed by atoms with van der Waals surface area (Å²) in [6.45, 7) is 1.75. The first-order valence-corrected chi connectivity index (χ1v) is 10.6. The Balaban J connectivity index is 1.31. The molecule has 8 nitrogen and oxygen atoms in total. The Morgan fingerprint density at radius 2 is 1.87 bits per heavy atom. The van der Waals surface area contributed by atoms with E-state index in [2.05, 4.69) is 25.4 Å². The van der Waals surface area contributed by atoms with Gasteiger partial charge in [0.25, 0.3) is 0 Å². The van der Waals surface area contributed by atoms with Crippen molar-refractivity contribution in [3.8, 4) is 0 Å². The minimum atomic E-state index is -0.431. The number of amides is 3. The standard InChI is InChI=1S/C21H27FN6O2/c22-16-9-7-15(8-10-16)13-23-21(30)24-14-19(29)27-12-4-5-17(27)20-26-25-18-6-2-1-3-11-28(18)20/h7-10,17H,1-6,11-14H2,(H2,23,24,30)/t17-/m0/s1. The van der Waals surface area contributed by atoms with Crippen LogP contribution in [-0.4, -0.2) is 44.7 Å². The quantitative estimate of drug-likeness (QED) is 0.785. The second-order valence-corrected chi connectivity index (χ2v) is 7.84. The molecule has 4 rings (SSSR count). The number of urea groups is 1. The molecule has 0 bridgehead atoms. The Kier molecular flexibility index (Phi) is 6.25. The Morgan fingerprint density at radius 1 is 1.03 bits per heavy atom. The maximum Gasteiger partial charge on any atom is 0.315 e. The first kappa shape index (κ1) is 20.3. The van der Waals surface area contributed by atoms with Gasteiger partial charge in [0.1, 0.15) is 11.6 Å². The fraction of sp³-hybridized carbons (Fsp3) is 0.524. The molecule has 1 saturated heterocycles. The molecule has 3 heterocycles. The van der Waals surface area contributed by atoms with E-state index in [1.54, 1.807) is 12.1 Å². The third kappa shape index (κ3) is 4.60. The minimum absolute atomic E-state index is 0.0766. The summed E-state index contributed by atoms with van der Waals surface area (Å²) in [5, 5.41) is 14.1. The average molecular weight is 414 g/mol. The number of benzene rings is 1. The van der Waals surface area contributed by atoms with Crippen molar-refractivity contribution in [3.63, 3.8) is 0 Å². The van der Waals surface area contributed by atoms with Crippen LogP contribution >= 0.6 is 0 Å². The van der Waals surface area contributed by atoms with Crippen molar-refractivity contribution in [1.29, 1.82) is 0 Å². The molecule has 2 N–H and O–H groups in total. The molecule has 1 fully saturated rings. The van der Waals surface area contributed by atoms with Crippen LogP contribution < -0.4 is 10.6 Å². The van der Waals surface area contributed by atoms with Gasteiger partial charge in [0.15, 0.2) is 5.82 Å². The molecule has 0 saturated carbocycles. The number of fused-ring (bicyclic) bond motifs is 1. The van der Waals surface area contributed by atoms with Crippen molar-refractivity contribution in [1.82, 2.24) is 30.3 Å². The number of aryl methyl sites for hydroxylation is 1. The van der Waals surface area contributed by atoms with E-state index in [0.717, 1.165) is 55.9 Å². The molecule has 1 aromatic carbocycles. The van der Waals surface area contributed by atoms with Crippen LogP contribution in [-0.2, 0) is 24.3 Å². The number of rotatable bonds is 5. The second-order valence-electron chi connectivity index (χ2n) is 7.84. The monoisotopic (exact) mass is 414 g/mol. The SMILES string of the molecule is O=C(NCC(=O)N1CCC[C@H]1c1nnc2n1CCCCC2)NCc1ccc(F)cc1. The zero-order chi connectivity index (χ0) is 20.9. The number of nitrogens with zero attached hydrogens (tertiary/aromatic N) is 4. The summed E-state index contributed by atoms with van der Waals surface area (Å²) in [4.78, 5) is 26.6. The summed E-state index contributed by atoms with van der Waals surface area (Å²) in [5.41, 5.74) is 0.782. The maximum absolute atomic E-state index is 12.9. The van der Waals surface area contributed by atoms with Crippen LogP contribution in [0.25, 0.3) is 0 Å². The van der Waals surface area contributed by atoms with E-state index >= 15 is 0 Å². The molecule has 2 aliphatic heterocycles. The number of aromatic nitrogens is 3. The molecule has 160 valence electrons. The lowest BCUT2D eigenvalue weighted by Crippen LogP contribution is -2.43. The number of hydrogen-bond donors (Lipinski definition) is 2. The summed E-state index contributed by atoms with van der Waals surface area (Å²) in [5.74, 6) is 1.44. The van der Waals surface area contributed by atoms with Crippen LogP contribution in [0.5, 0.6) is 0 Å². The molecule has 9 heteroatoms. The van der Waals surface area contributed by atoms with Gasteiger partial charge in [-0.15, -0.1) is 10.2 Å². The fourth-order valence-corrected chi connectivity index (χ4v) is 4.19. The van der Waals surface area contributed by atoms with E-state index in [1.807, 2.05) is 4.90 Å². The van der Waals surface area contributed by atoms with Crippen molar-refractivity contribution >= 4 is 11.9 Å². The Hall–Kier alpha value is -2.97. The summed E-state index contributed by atoms with van der Waals surface area (Å²) in [6.07, 6.45) is 6.13. The first-order valence-electron chi connectivity index (χ1n) is 10.6. The van der Waals surface area contributed by atoms with Gasteiger partial charge in [0.2, 0.25) is 5.91 Å². The first-order chi connectivity index (χ1) is 14.6. The predicted molar refractivity (Wildman–Crippen MR) is 108 cm³/mol. The third-order valence-corrected chi connectivity index (χ3v) is 5.78. The van der Waals surface area contributed by atoms with Crippen LogP contribution in [0.15, 0.2) is 24.3 Å². The zero-order valence-electron chi connectivity index (χ0n) is 16.9. The van der Waals surface area contributed by atoms with Crippen LogP contribution in [0.1, 0.15) is 55.4 Å². The van der Waals surface area contributed by atoms with E-state index < -0.39 is 6.03 Å². The van der Waals surface area contributed by atoms with E-state index in [0.29, 0.717) is 6.54 Å². The van der Waals surface area contributed by atoms with Crippen LogP contribution in [0.3, 0.4) is 0 Å². The highest BCUT2D eigenvalue weighted by Crippen LogP contribution is 2.32. The van der Waals surface area contributed by atoms with Crippen molar-refractivity contribution in [2.24, 2.45) is 0 Å². The van der Waals surface area contributed by atoms with Gasteiger partial charge in [-0.2, -0.15) is 0 Å². The number of carbonyl (C=O) groups is 2. The number of likely N-dealkylation sites (tertiary alicyclic amines) is 1. The molecule has 1 atom stereocenters. The van der Waals surface area contributed by atoms with Crippen molar-refractivity contribution in [2.75, 3.05) is 13.1 Å². The van der Waals surface area contributed by atoms with E-state index in [-0.39, 0.29) is 30.9 Å². The molecule has 2 aliphatic rings. The highest BCUT2D eigenvalue weighted by Gasteiger charge is 2.34. The smallest absolute Gasteiger partial charge is 0.315 e. The fourth-order valence-electron chi connectivity index (χ4n) is 4.19. The van der Waals surface area contributed by atoms with E-state index in [4.69, 9.17) is 0 Å². The van der Waals surface area contributed by atoms with Crippen LogP contribution in [0, 0.1) is 5.82 Å². The molecule has 0 aliphatic carbocycles. The lowest BCUT2D eigenvalue weighted by atomic mass is 10.2. The largest absolute Gasteiger partial charge is 0.334 e. The topological polar surface area (TPSA) is 92.2 Å². The number of nitrogens with one attached hydrogen (secondary N) is 2. The Morgan fingerprint density at radius 3 is 2.70 bits per heavy atom. The molecule has 0 radical (unpaired) electrons. The number of carbonyl (C=O) groups excluding carboxylic acids is 2. The van der Waals surface area contributed by atoms with Gasteiger partial charge in [0.05, 0.1) is 12.6 Å². The summed E-state index contributed by atoms with van der Waals surface area (Å²) in [6, 6.07) is 5.39. The van der Waals surface area contributed by atoms with E-state index in [9.17, 15) is 14.0 Å². The van der Waals surface area contributed by atoms with Gasteiger partial charge in [-0.05, 0) is 43.4 Å². The van der Waals surface area contributed by atoms with Gasteiger partial charge in [-0.3, -0.25) is 4.79 Å². The van der Waals surface area contributed by atoms with Gasteiger partial charge >= 0.3 is 6.03 Å². The highest BCUT2D eigenvalue weighted by molar-refractivity contribution is 5.84.